The summed E-state index contributed by atoms with van der Waals surface area (Å²) in [5.41, 5.74) is 7.71. The normalized spacial score (nSPS) is 12.9. The second-order valence-corrected chi connectivity index (χ2v) is 16.0. The molecule has 0 aliphatic heterocycles. The van der Waals surface area contributed by atoms with E-state index in [0.29, 0.717) is 0 Å². The Balaban J connectivity index is 0.00000433. The number of hydrogen-bond acceptors (Lipinski definition) is 3. The third kappa shape index (κ3) is 6.06. The summed E-state index contributed by atoms with van der Waals surface area (Å²) in [6.07, 6.45) is 13.0. The van der Waals surface area contributed by atoms with Gasteiger partial charge in [0.2, 0.25) is 6.33 Å². The van der Waals surface area contributed by atoms with Crippen molar-refractivity contribution in [2.45, 2.75) is 98.1 Å². The zero-order valence-electron chi connectivity index (χ0n) is 29.4. The molecule has 1 N–H and O–H groups in total. The molecule has 4 heterocycles. The van der Waals surface area contributed by atoms with Gasteiger partial charge in [0.25, 0.3) is 0 Å². The van der Waals surface area contributed by atoms with E-state index in [2.05, 4.69) is 139 Å². The standard InChI is InChI=1S/C40H46N5O.Pt/c1-37(2,3)26-16-19-42-31(21-26)29-24-44(32-17-18-41-23-28(29)32)40(10,11)45-25-43(33-14-12-13-15-34(33)45)35-22-27(38(4,5)6)20-30(36(35)46)39(7,8)9;/h12-23,46H,1-11H3;/q-1;+2. The summed E-state index contributed by atoms with van der Waals surface area (Å²) in [6.45, 7) is 24.0. The fourth-order valence-corrected chi connectivity index (χ4v) is 6.21. The van der Waals surface area contributed by atoms with E-state index in [9.17, 15) is 5.11 Å². The number of para-hydroxylation sites is 2. The molecule has 0 amide bonds. The monoisotopic (exact) mass is 807 g/mol. The Bertz CT molecular complexity index is 2100. The molecule has 2 aromatic carbocycles. The number of pyridine rings is 2. The summed E-state index contributed by atoms with van der Waals surface area (Å²) in [4.78, 5) is 9.27. The van der Waals surface area contributed by atoms with Gasteiger partial charge in [-0.3, -0.25) is 9.55 Å². The zero-order chi connectivity index (χ0) is 33.4. The number of benzene rings is 2. The smallest absolute Gasteiger partial charge is 0.513 e. The number of aromatic nitrogens is 5. The molecule has 6 rings (SSSR count). The first-order valence-electron chi connectivity index (χ1n) is 16.1. The van der Waals surface area contributed by atoms with Crippen LogP contribution in [-0.4, -0.2) is 24.2 Å². The number of nitrogens with zero attached hydrogens (tertiary/aromatic N) is 5. The van der Waals surface area contributed by atoms with Gasteiger partial charge in [0.1, 0.15) is 11.4 Å². The maximum Gasteiger partial charge on any atom is 2.00 e. The molecule has 0 aliphatic carbocycles. The molecular formula is C40H46N5OPt+. The van der Waals surface area contributed by atoms with Crippen molar-refractivity contribution in [1.29, 1.82) is 0 Å². The van der Waals surface area contributed by atoms with Gasteiger partial charge in [-0.25, -0.2) is 0 Å². The fraction of sp³-hybridized carbons (Fsp3) is 0.375. The van der Waals surface area contributed by atoms with Crippen molar-refractivity contribution in [3.8, 4) is 22.7 Å². The van der Waals surface area contributed by atoms with Gasteiger partial charge < -0.3 is 19.2 Å². The van der Waals surface area contributed by atoms with E-state index < -0.39 is 5.66 Å². The molecule has 4 aromatic heterocycles. The topological polar surface area (TPSA) is 59.8 Å². The van der Waals surface area contributed by atoms with Crippen LogP contribution < -0.4 is 4.57 Å². The molecule has 246 valence electrons. The van der Waals surface area contributed by atoms with Crippen LogP contribution in [-0.2, 0) is 43.0 Å². The Morgan fingerprint density at radius 1 is 0.745 bits per heavy atom. The van der Waals surface area contributed by atoms with E-state index in [1.807, 2.05) is 41.4 Å². The molecule has 0 bridgehead atoms. The predicted octanol–water partition coefficient (Wildman–Crippen LogP) is 8.77. The quantitative estimate of drug-likeness (QED) is 0.143. The van der Waals surface area contributed by atoms with Gasteiger partial charge in [-0.2, -0.15) is 0 Å². The Morgan fingerprint density at radius 2 is 1.43 bits per heavy atom. The van der Waals surface area contributed by atoms with Crippen LogP contribution in [0.3, 0.4) is 0 Å². The van der Waals surface area contributed by atoms with Crippen LogP contribution in [0.25, 0.3) is 38.9 Å². The number of rotatable bonds is 4. The van der Waals surface area contributed by atoms with Crippen molar-refractivity contribution in [3.63, 3.8) is 0 Å². The molecule has 0 aliphatic rings. The molecule has 6 aromatic rings. The SMILES string of the molecule is CC(C)(C)c1ccnc(-c2[c-]n(C(C)(C)[n+]3[c-]n(-c4cc(C(C)(C)C)cc(C(C)(C)C)c4O)c4ccccc43)c3ccncc23)c1.[Pt+2]. The van der Waals surface area contributed by atoms with E-state index >= 15 is 0 Å². The average Bonchev–Trinajstić information content (AvgIpc) is 3.56. The fourth-order valence-electron chi connectivity index (χ4n) is 6.21. The van der Waals surface area contributed by atoms with E-state index in [1.54, 1.807) is 0 Å². The van der Waals surface area contributed by atoms with E-state index in [4.69, 9.17) is 4.98 Å². The summed E-state index contributed by atoms with van der Waals surface area (Å²) in [5.74, 6) is 0.276. The largest absolute Gasteiger partial charge is 2.00 e. The Kier molecular flexibility index (Phi) is 8.63. The number of phenols is 1. The molecule has 6 nitrogen and oxygen atoms in total. The van der Waals surface area contributed by atoms with Crippen LogP contribution in [0.4, 0.5) is 0 Å². The molecular weight excluding hydrogens is 762 g/mol. The van der Waals surface area contributed by atoms with Crippen LogP contribution in [0, 0.1) is 12.5 Å². The molecule has 47 heavy (non-hydrogen) atoms. The number of imidazole rings is 1. The molecule has 0 saturated carbocycles. The third-order valence-corrected chi connectivity index (χ3v) is 9.08. The maximum absolute atomic E-state index is 11.8. The maximum atomic E-state index is 11.8. The first-order valence-corrected chi connectivity index (χ1v) is 16.1. The van der Waals surface area contributed by atoms with Crippen LogP contribution in [0.15, 0.2) is 73.2 Å². The van der Waals surface area contributed by atoms with E-state index in [1.165, 1.54) is 5.56 Å². The van der Waals surface area contributed by atoms with E-state index in [0.717, 1.165) is 50.0 Å². The van der Waals surface area contributed by atoms with Crippen LogP contribution in [0.2, 0.25) is 0 Å². The van der Waals surface area contributed by atoms with Crippen LogP contribution >= 0.6 is 0 Å². The molecule has 0 unspecified atom stereocenters. The van der Waals surface area contributed by atoms with Crippen molar-refractivity contribution in [3.05, 3.63) is 102 Å². The summed E-state index contributed by atoms with van der Waals surface area (Å²) in [6, 6.07) is 18.8. The number of fused-ring (bicyclic) bond motifs is 2. The summed E-state index contributed by atoms with van der Waals surface area (Å²) in [7, 11) is 0. The van der Waals surface area contributed by atoms with Gasteiger partial charge in [-0.05, 0) is 64.7 Å². The summed E-state index contributed by atoms with van der Waals surface area (Å²) < 4.78 is 6.34. The number of phenolic OH excluding ortho intramolecular Hbond substituents is 1. The molecule has 0 fully saturated rings. The Morgan fingerprint density at radius 3 is 2.09 bits per heavy atom. The zero-order valence-corrected chi connectivity index (χ0v) is 31.7. The van der Waals surface area contributed by atoms with Crippen molar-refractivity contribution >= 4 is 21.9 Å². The van der Waals surface area contributed by atoms with Gasteiger partial charge in [-0.1, -0.05) is 128 Å². The van der Waals surface area contributed by atoms with Crippen LogP contribution in [0.1, 0.15) is 92.9 Å². The molecule has 0 saturated heterocycles. The van der Waals surface area contributed by atoms with Gasteiger partial charge in [0.15, 0.2) is 0 Å². The van der Waals surface area contributed by atoms with Gasteiger partial charge in [-0.15, -0.1) is 5.56 Å². The van der Waals surface area contributed by atoms with Gasteiger partial charge in [0.05, 0.1) is 16.7 Å². The summed E-state index contributed by atoms with van der Waals surface area (Å²) >= 11 is 0. The third-order valence-electron chi connectivity index (χ3n) is 9.08. The molecule has 0 atom stereocenters. The molecule has 7 heteroatoms. The molecule has 0 spiro atoms. The van der Waals surface area contributed by atoms with Gasteiger partial charge >= 0.3 is 21.1 Å². The first kappa shape index (κ1) is 34.6. The molecule has 0 radical (unpaired) electrons. The Hall–Kier alpha value is -3.76. The first-order chi connectivity index (χ1) is 21.4. The average molecular weight is 808 g/mol. The second-order valence-electron chi connectivity index (χ2n) is 16.0. The van der Waals surface area contributed by atoms with E-state index in [-0.39, 0.29) is 43.1 Å². The predicted molar refractivity (Wildman–Crippen MR) is 187 cm³/mol. The van der Waals surface area contributed by atoms with Gasteiger partial charge in [0, 0.05) is 12.4 Å². The minimum atomic E-state index is -0.658. The number of aromatic hydroxyl groups is 1. The minimum absolute atomic E-state index is 0. The number of hydrogen-bond donors (Lipinski definition) is 1. The van der Waals surface area contributed by atoms with Crippen molar-refractivity contribution in [2.24, 2.45) is 0 Å². The summed E-state index contributed by atoms with van der Waals surface area (Å²) in [5, 5.41) is 12.8. The second kappa shape index (κ2) is 11.7. The van der Waals surface area contributed by atoms with Crippen molar-refractivity contribution in [1.82, 2.24) is 19.1 Å². The van der Waals surface area contributed by atoms with Crippen LogP contribution in [0.5, 0.6) is 5.75 Å². The Labute approximate surface area is 293 Å². The van der Waals surface area contributed by atoms with Crippen molar-refractivity contribution in [2.75, 3.05) is 0 Å². The minimum Gasteiger partial charge on any atom is -0.513 e. The van der Waals surface area contributed by atoms with Crippen molar-refractivity contribution < 1.29 is 30.7 Å².